The summed E-state index contributed by atoms with van der Waals surface area (Å²) in [4.78, 5) is 2.20. The van der Waals surface area contributed by atoms with Crippen molar-refractivity contribution in [2.75, 3.05) is 7.05 Å². The Hall–Kier alpha value is -2.58. The summed E-state index contributed by atoms with van der Waals surface area (Å²) >= 11 is 5.23. The molecule has 3 rings (SSSR count). The van der Waals surface area contributed by atoms with E-state index in [1.54, 1.807) is 23.7 Å². The van der Waals surface area contributed by atoms with E-state index < -0.39 is 6.10 Å². The molecule has 0 saturated carbocycles. The highest BCUT2D eigenvalue weighted by molar-refractivity contribution is 7.71. The number of ether oxygens (including phenoxy) is 1. The van der Waals surface area contributed by atoms with Crippen LogP contribution in [0.25, 0.3) is 0 Å². The lowest BCUT2D eigenvalue weighted by atomic mass is 10.2. The molecule has 0 unspecified atom stereocenters. The molecule has 0 N–H and O–H groups in total. The maximum Gasteiger partial charge on any atom is 0.288 e. The molecule has 0 spiro atoms. The van der Waals surface area contributed by atoms with Crippen LogP contribution in [0.2, 0.25) is 0 Å². The Kier molecular flexibility index (Phi) is 5.98. The summed E-state index contributed by atoms with van der Waals surface area (Å²) in [6, 6.07) is 12.0. The van der Waals surface area contributed by atoms with Crippen LogP contribution in [0, 0.1) is 16.5 Å². The van der Waals surface area contributed by atoms with Gasteiger partial charge in [-0.3, -0.25) is 4.90 Å². The molecule has 8 heteroatoms. The van der Waals surface area contributed by atoms with Gasteiger partial charge in [0.15, 0.2) is 6.10 Å². The average Bonchev–Trinajstić information content (AvgIpc) is 2.99. The predicted molar refractivity (Wildman–Crippen MR) is 98.6 cm³/mol. The van der Waals surface area contributed by atoms with Crippen molar-refractivity contribution in [2.45, 2.75) is 26.2 Å². The van der Waals surface area contributed by atoms with E-state index in [1.165, 1.54) is 36.4 Å². The summed E-state index contributed by atoms with van der Waals surface area (Å²) < 4.78 is 38.8. The summed E-state index contributed by atoms with van der Waals surface area (Å²) in [5, 5.41) is 4.36. The first-order valence-corrected chi connectivity index (χ1v) is 8.74. The zero-order valence-electron chi connectivity index (χ0n) is 14.9. The third-order valence-electron chi connectivity index (χ3n) is 3.84. The molecular formula is C19H19F2N3O2S. The summed E-state index contributed by atoms with van der Waals surface area (Å²) in [5.41, 5.74) is 0.974. The largest absolute Gasteiger partial charge is 0.481 e. The SMILES string of the molecule is C[C@H](Oc1ccc(F)cc1)c1nn(CN(C)Cc2ccc(F)cc2)c(=S)o1. The quantitative estimate of drug-likeness (QED) is 0.546. The van der Waals surface area contributed by atoms with Gasteiger partial charge >= 0.3 is 0 Å². The van der Waals surface area contributed by atoms with Crippen molar-refractivity contribution in [1.29, 1.82) is 0 Å². The Bertz CT molecular complexity index is 939. The summed E-state index contributed by atoms with van der Waals surface area (Å²) in [5.74, 6) is 0.244. The number of rotatable bonds is 7. The van der Waals surface area contributed by atoms with Crippen molar-refractivity contribution in [2.24, 2.45) is 0 Å². The van der Waals surface area contributed by atoms with Crippen LogP contribution < -0.4 is 4.74 Å². The number of benzene rings is 2. The van der Waals surface area contributed by atoms with Crippen molar-refractivity contribution in [3.8, 4) is 5.75 Å². The average molecular weight is 391 g/mol. The molecule has 5 nitrogen and oxygen atoms in total. The van der Waals surface area contributed by atoms with Crippen LogP contribution in [0.15, 0.2) is 52.9 Å². The van der Waals surface area contributed by atoms with Gasteiger partial charge in [-0.25, -0.2) is 13.5 Å². The Morgan fingerprint density at radius 2 is 1.70 bits per heavy atom. The van der Waals surface area contributed by atoms with E-state index in [-0.39, 0.29) is 16.5 Å². The highest BCUT2D eigenvalue weighted by Gasteiger charge is 2.16. The van der Waals surface area contributed by atoms with Crippen LogP contribution in [0.3, 0.4) is 0 Å². The minimum Gasteiger partial charge on any atom is -0.481 e. The first kappa shape index (κ1) is 19.2. The van der Waals surface area contributed by atoms with Gasteiger partial charge in [-0.2, -0.15) is 0 Å². The molecule has 0 aliphatic rings. The van der Waals surface area contributed by atoms with Crippen molar-refractivity contribution in [1.82, 2.24) is 14.7 Å². The highest BCUT2D eigenvalue weighted by atomic mass is 32.1. The molecule has 0 fully saturated rings. The molecule has 3 aromatic rings. The standard InChI is InChI=1S/C19H19F2N3O2S/c1-13(25-17-9-7-16(21)8-10-17)18-22-24(19(27)26-18)12-23(2)11-14-3-5-15(20)6-4-14/h3-10,13H,11-12H2,1-2H3/t13-/m0/s1. The Morgan fingerprint density at radius 1 is 1.11 bits per heavy atom. The molecular weight excluding hydrogens is 372 g/mol. The molecule has 0 amide bonds. The first-order chi connectivity index (χ1) is 12.9. The van der Waals surface area contributed by atoms with Gasteiger partial charge in [-0.05, 0) is 68.2 Å². The lowest BCUT2D eigenvalue weighted by Crippen LogP contribution is -2.22. The monoisotopic (exact) mass is 391 g/mol. The van der Waals surface area contributed by atoms with Crippen LogP contribution in [0.4, 0.5) is 8.78 Å². The summed E-state index contributed by atoms with van der Waals surface area (Å²) in [6.07, 6.45) is -0.485. The second-order valence-electron chi connectivity index (χ2n) is 6.20. The third-order valence-corrected chi connectivity index (χ3v) is 4.13. The summed E-state index contributed by atoms with van der Waals surface area (Å²) in [7, 11) is 1.90. The lowest BCUT2D eigenvalue weighted by Gasteiger charge is -2.16. The molecule has 142 valence electrons. The van der Waals surface area contributed by atoms with Crippen LogP contribution in [0.5, 0.6) is 5.75 Å². The van der Waals surface area contributed by atoms with Gasteiger partial charge in [-0.15, -0.1) is 5.10 Å². The van der Waals surface area contributed by atoms with Crippen molar-refractivity contribution < 1.29 is 17.9 Å². The second kappa shape index (κ2) is 8.41. The zero-order chi connectivity index (χ0) is 19.4. The van der Waals surface area contributed by atoms with Crippen molar-refractivity contribution in [3.05, 3.63) is 76.5 Å². The first-order valence-electron chi connectivity index (χ1n) is 8.34. The third kappa shape index (κ3) is 5.21. The van der Waals surface area contributed by atoms with Gasteiger partial charge < -0.3 is 9.15 Å². The van der Waals surface area contributed by atoms with E-state index in [0.29, 0.717) is 24.9 Å². The van der Waals surface area contributed by atoms with Crippen molar-refractivity contribution >= 4 is 12.2 Å². The van der Waals surface area contributed by atoms with E-state index in [4.69, 9.17) is 21.4 Å². The van der Waals surface area contributed by atoms with E-state index >= 15 is 0 Å². The van der Waals surface area contributed by atoms with Gasteiger partial charge in [0.25, 0.3) is 10.7 Å². The van der Waals surface area contributed by atoms with Crippen LogP contribution in [0.1, 0.15) is 24.5 Å². The molecule has 0 aliphatic heterocycles. The number of hydrogen-bond acceptors (Lipinski definition) is 5. The Balaban J connectivity index is 1.63. The van der Waals surface area contributed by atoms with Gasteiger partial charge in [0.1, 0.15) is 17.4 Å². The van der Waals surface area contributed by atoms with Gasteiger partial charge in [-0.1, -0.05) is 12.1 Å². The molecule has 1 heterocycles. The highest BCUT2D eigenvalue weighted by Crippen LogP contribution is 2.21. The predicted octanol–water partition coefficient (Wildman–Crippen LogP) is 4.71. The summed E-state index contributed by atoms with van der Waals surface area (Å²) in [6.45, 7) is 2.78. The second-order valence-corrected chi connectivity index (χ2v) is 6.55. The van der Waals surface area contributed by atoms with E-state index in [2.05, 4.69) is 5.10 Å². The lowest BCUT2D eigenvalue weighted by molar-refractivity contribution is 0.187. The van der Waals surface area contributed by atoms with Crippen LogP contribution in [-0.2, 0) is 13.2 Å². The fraction of sp³-hybridized carbons (Fsp3) is 0.263. The van der Waals surface area contributed by atoms with E-state index in [1.807, 2.05) is 11.9 Å². The van der Waals surface area contributed by atoms with E-state index in [0.717, 1.165) is 5.56 Å². The van der Waals surface area contributed by atoms with Gasteiger partial charge in [0.2, 0.25) is 0 Å². The number of nitrogens with zero attached hydrogens (tertiary/aromatic N) is 3. The molecule has 27 heavy (non-hydrogen) atoms. The number of hydrogen-bond donors (Lipinski definition) is 0. The zero-order valence-corrected chi connectivity index (χ0v) is 15.7. The van der Waals surface area contributed by atoms with Crippen molar-refractivity contribution in [3.63, 3.8) is 0 Å². The van der Waals surface area contributed by atoms with Gasteiger partial charge in [0, 0.05) is 6.54 Å². The molecule has 1 aromatic heterocycles. The molecule has 0 aliphatic carbocycles. The normalized spacial score (nSPS) is 12.3. The fourth-order valence-electron chi connectivity index (χ4n) is 2.52. The molecule has 0 saturated heterocycles. The van der Waals surface area contributed by atoms with Crippen LogP contribution in [-0.4, -0.2) is 21.7 Å². The molecule has 0 radical (unpaired) electrons. The Labute approximate surface area is 160 Å². The topological polar surface area (TPSA) is 43.4 Å². The number of halogens is 2. The molecule has 1 atom stereocenters. The fourth-order valence-corrected chi connectivity index (χ4v) is 2.71. The maximum atomic E-state index is 13.0. The molecule has 0 bridgehead atoms. The van der Waals surface area contributed by atoms with E-state index in [9.17, 15) is 8.78 Å². The van der Waals surface area contributed by atoms with Crippen LogP contribution >= 0.6 is 12.2 Å². The minimum absolute atomic E-state index is 0.227. The minimum atomic E-state index is -0.485. The number of aromatic nitrogens is 2. The Morgan fingerprint density at radius 3 is 2.33 bits per heavy atom. The maximum absolute atomic E-state index is 13.0. The van der Waals surface area contributed by atoms with Gasteiger partial charge in [0.05, 0.1) is 6.67 Å². The smallest absolute Gasteiger partial charge is 0.288 e. The molecule has 2 aromatic carbocycles.